The monoisotopic (exact) mass is 442 g/mol. The van der Waals surface area contributed by atoms with E-state index in [0.29, 0.717) is 0 Å². The van der Waals surface area contributed by atoms with Crippen LogP contribution in [-0.2, 0) is 0 Å². The van der Waals surface area contributed by atoms with Crippen molar-refractivity contribution in [3.63, 3.8) is 0 Å². The van der Waals surface area contributed by atoms with Crippen molar-refractivity contribution in [3.8, 4) is 22.3 Å². The summed E-state index contributed by atoms with van der Waals surface area (Å²) < 4.78 is 5.39. The van der Waals surface area contributed by atoms with Crippen LogP contribution in [0.1, 0.15) is 0 Å². The van der Waals surface area contributed by atoms with Crippen molar-refractivity contribution in [3.05, 3.63) is 109 Å². The summed E-state index contributed by atoms with van der Waals surface area (Å²) in [5, 5.41) is 5.39. The molecule has 0 aliphatic rings. The third-order valence-corrected chi connectivity index (χ3v) is 8.59. The molecule has 7 aromatic rings. The lowest BCUT2D eigenvalue weighted by molar-refractivity contribution is 1.66. The number of thiophene rings is 2. The van der Waals surface area contributed by atoms with Crippen molar-refractivity contribution >= 4 is 63.0 Å². The smallest absolute Gasteiger partial charge is 0.0355 e. The van der Waals surface area contributed by atoms with E-state index in [0.717, 1.165) is 0 Å². The first-order chi connectivity index (χ1) is 15.8. The molecule has 0 nitrogen and oxygen atoms in total. The average Bonchev–Trinajstić information content (AvgIpc) is 3.41. The molecule has 150 valence electrons. The summed E-state index contributed by atoms with van der Waals surface area (Å²) in [6, 6.07) is 40.0. The van der Waals surface area contributed by atoms with E-state index in [1.807, 2.05) is 22.7 Å². The number of benzene rings is 5. The van der Waals surface area contributed by atoms with Crippen molar-refractivity contribution in [2.45, 2.75) is 0 Å². The topological polar surface area (TPSA) is 0 Å². The molecular weight excluding hydrogens is 424 g/mol. The zero-order valence-corrected chi connectivity index (χ0v) is 18.8. The molecule has 5 aromatic carbocycles. The van der Waals surface area contributed by atoms with Gasteiger partial charge in [0.25, 0.3) is 0 Å². The van der Waals surface area contributed by atoms with Crippen LogP contribution in [0.15, 0.2) is 109 Å². The molecule has 0 fully saturated rings. The van der Waals surface area contributed by atoms with Gasteiger partial charge in [-0.3, -0.25) is 0 Å². The SMILES string of the molecule is c1ccc(-c2ccc3sc4ccc(-c5ccc6sc7ccccc7c6c5)cc4c3c2)cc1. The van der Waals surface area contributed by atoms with Gasteiger partial charge in [0.1, 0.15) is 0 Å². The van der Waals surface area contributed by atoms with Crippen LogP contribution in [0.5, 0.6) is 0 Å². The Morgan fingerprint density at radius 3 is 1.34 bits per heavy atom. The van der Waals surface area contributed by atoms with E-state index in [9.17, 15) is 0 Å². The van der Waals surface area contributed by atoms with Crippen molar-refractivity contribution in [2.24, 2.45) is 0 Å². The van der Waals surface area contributed by atoms with Gasteiger partial charge in [0.2, 0.25) is 0 Å². The van der Waals surface area contributed by atoms with E-state index in [-0.39, 0.29) is 0 Å². The van der Waals surface area contributed by atoms with E-state index < -0.39 is 0 Å². The lowest BCUT2D eigenvalue weighted by Gasteiger charge is -2.04. The second-order valence-electron chi connectivity index (χ2n) is 8.20. The molecule has 2 heteroatoms. The van der Waals surface area contributed by atoms with Crippen LogP contribution >= 0.6 is 22.7 Å². The minimum Gasteiger partial charge on any atom is -0.135 e. The van der Waals surface area contributed by atoms with Gasteiger partial charge >= 0.3 is 0 Å². The molecule has 0 aliphatic heterocycles. The van der Waals surface area contributed by atoms with Crippen LogP contribution in [0.4, 0.5) is 0 Å². The molecule has 0 saturated carbocycles. The van der Waals surface area contributed by atoms with Crippen LogP contribution in [0, 0.1) is 0 Å². The molecular formula is C30H18S2. The summed E-state index contributed by atoms with van der Waals surface area (Å²) in [4.78, 5) is 0. The Kier molecular flexibility index (Phi) is 3.98. The Balaban J connectivity index is 1.42. The fourth-order valence-corrected chi connectivity index (χ4v) is 6.83. The Morgan fingerprint density at radius 1 is 0.312 bits per heavy atom. The van der Waals surface area contributed by atoms with Crippen LogP contribution in [0.25, 0.3) is 62.6 Å². The molecule has 2 aromatic heterocycles. The highest BCUT2D eigenvalue weighted by Gasteiger charge is 2.10. The standard InChI is InChI=1S/C30H18S2/c1-2-6-19(7-3-1)20-10-13-29-25(16-20)26-18-22(12-15-30(26)32-29)21-11-14-28-24(17-21)23-8-4-5-9-27(23)31-28/h1-18H. The Hall–Kier alpha value is -3.46. The van der Waals surface area contributed by atoms with Gasteiger partial charge in [0.05, 0.1) is 0 Å². The maximum atomic E-state index is 2.37. The lowest BCUT2D eigenvalue weighted by atomic mass is 9.99. The highest BCUT2D eigenvalue weighted by molar-refractivity contribution is 7.26. The normalized spacial score (nSPS) is 11.8. The minimum absolute atomic E-state index is 1.26. The van der Waals surface area contributed by atoms with Gasteiger partial charge < -0.3 is 0 Å². The molecule has 2 heterocycles. The van der Waals surface area contributed by atoms with Crippen molar-refractivity contribution in [1.82, 2.24) is 0 Å². The molecule has 0 spiro atoms. The molecule has 0 atom stereocenters. The van der Waals surface area contributed by atoms with E-state index in [2.05, 4.69) is 109 Å². The van der Waals surface area contributed by atoms with Gasteiger partial charge in [0, 0.05) is 40.3 Å². The lowest BCUT2D eigenvalue weighted by Crippen LogP contribution is -1.79. The minimum atomic E-state index is 1.26. The number of hydrogen-bond donors (Lipinski definition) is 0. The first-order valence-corrected chi connectivity index (χ1v) is 12.4. The van der Waals surface area contributed by atoms with Gasteiger partial charge in [-0.15, -0.1) is 22.7 Å². The molecule has 7 rings (SSSR count). The van der Waals surface area contributed by atoms with Gasteiger partial charge in [0.15, 0.2) is 0 Å². The summed E-state index contributed by atoms with van der Waals surface area (Å²) in [5.74, 6) is 0. The number of hydrogen-bond acceptors (Lipinski definition) is 2. The first kappa shape index (κ1) is 18.1. The average molecular weight is 443 g/mol. The van der Waals surface area contributed by atoms with Crippen LogP contribution in [-0.4, -0.2) is 0 Å². The molecule has 0 N–H and O–H groups in total. The molecule has 32 heavy (non-hydrogen) atoms. The summed E-state index contributed by atoms with van der Waals surface area (Å²) >= 11 is 3.75. The largest absolute Gasteiger partial charge is 0.135 e. The fraction of sp³-hybridized carbons (Fsp3) is 0. The maximum Gasteiger partial charge on any atom is 0.0355 e. The quantitative estimate of drug-likeness (QED) is 0.250. The Morgan fingerprint density at radius 2 is 0.750 bits per heavy atom. The molecule has 0 radical (unpaired) electrons. The fourth-order valence-electron chi connectivity index (χ4n) is 4.67. The van der Waals surface area contributed by atoms with Gasteiger partial charge in [-0.1, -0.05) is 66.7 Å². The number of fused-ring (bicyclic) bond motifs is 6. The summed E-state index contributed by atoms with van der Waals surface area (Å²) in [6.07, 6.45) is 0. The highest BCUT2D eigenvalue weighted by atomic mass is 32.1. The third-order valence-electron chi connectivity index (χ3n) is 6.29. The van der Waals surface area contributed by atoms with Gasteiger partial charge in [-0.25, -0.2) is 0 Å². The van der Waals surface area contributed by atoms with Crippen molar-refractivity contribution in [2.75, 3.05) is 0 Å². The van der Waals surface area contributed by atoms with Crippen LogP contribution in [0.3, 0.4) is 0 Å². The van der Waals surface area contributed by atoms with Gasteiger partial charge in [-0.2, -0.15) is 0 Å². The Labute approximate surface area is 194 Å². The van der Waals surface area contributed by atoms with Gasteiger partial charge in [-0.05, 0) is 64.7 Å². The molecule has 0 amide bonds. The zero-order valence-electron chi connectivity index (χ0n) is 17.2. The maximum absolute atomic E-state index is 2.37. The van der Waals surface area contributed by atoms with Crippen molar-refractivity contribution < 1.29 is 0 Å². The Bertz CT molecular complexity index is 1770. The second kappa shape index (κ2) is 7.03. The predicted molar refractivity (Wildman–Crippen MR) is 143 cm³/mol. The van der Waals surface area contributed by atoms with E-state index in [1.54, 1.807) is 0 Å². The van der Waals surface area contributed by atoms with E-state index in [4.69, 9.17) is 0 Å². The first-order valence-electron chi connectivity index (χ1n) is 10.8. The van der Waals surface area contributed by atoms with E-state index >= 15 is 0 Å². The second-order valence-corrected chi connectivity index (χ2v) is 10.4. The van der Waals surface area contributed by atoms with Crippen LogP contribution < -0.4 is 0 Å². The van der Waals surface area contributed by atoms with E-state index in [1.165, 1.54) is 62.6 Å². The predicted octanol–water partition coefficient (Wildman–Crippen LogP) is 9.76. The molecule has 0 bridgehead atoms. The summed E-state index contributed by atoms with van der Waals surface area (Å²) in [5.41, 5.74) is 5.09. The molecule has 0 saturated heterocycles. The van der Waals surface area contributed by atoms with Crippen molar-refractivity contribution in [1.29, 1.82) is 0 Å². The third kappa shape index (κ3) is 2.81. The van der Waals surface area contributed by atoms with Crippen LogP contribution in [0.2, 0.25) is 0 Å². The molecule has 0 unspecified atom stereocenters. The highest BCUT2D eigenvalue weighted by Crippen LogP contribution is 2.40. The summed E-state index contributed by atoms with van der Waals surface area (Å²) in [7, 11) is 0. The summed E-state index contributed by atoms with van der Waals surface area (Å²) in [6.45, 7) is 0. The zero-order chi connectivity index (χ0) is 21.1. The molecule has 0 aliphatic carbocycles. The number of rotatable bonds is 2.